The van der Waals surface area contributed by atoms with Crippen LogP contribution in [-0.4, -0.2) is 38.8 Å². The molecule has 0 saturated carbocycles. The minimum Gasteiger partial charge on any atom is -0.406 e. The van der Waals surface area contributed by atoms with E-state index in [-0.39, 0.29) is 11.9 Å². The highest BCUT2D eigenvalue weighted by Crippen LogP contribution is 2.32. The summed E-state index contributed by atoms with van der Waals surface area (Å²) >= 11 is 0. The van der Waals surface area contributed by atoms with Gasteiger partial charge in [0.25, 0.3) is 0 Å². The highest BCUT2D eigenvalue weighted by atomic mass is 19.1. The molecule has 1 aromatic carbocycles. The van der Waals surface area contributed by atoms with E-state index in [1.54, 1.807) is 30.5 Å². The SMILES string of the molecule is O=c1oc2cccnc2n1CCN1C[C@@H](O)C[C@H]1c1ccc(F)cc1. The monoisotopic (exact) mass is 343 g/mol. The lowest BCUT2D eigenvalue weighted by Crippen LogP contribution is -2.30. The Balaban J connectivity index is 1.55. The van der Waals surface area contributed by atoms with E-state index in [0.717, 1.165) is 5.56 Å². The molecule has 25 heavy (non-hydrogen) atoms. The number of halogens is 1. The van der Waals surface area contributed by atoms with Crippen molar-refractivity contribution in [2.45, 2.75) is 25.1 Å². The Labute approximate surface area is 143 Å². The van der Waals surface area contributed by atoms with Crippen LogP contribution in [0.15, 0.2) is 51.8 Å². The fraction of sp³-hybridized carbons (Fsp3) is 0.333. The first-order valence-corrected chi connectivity index (χ1v) is 8.24. The van der Waals surface area contributed by atoms with Crippen LogP contribution in [0.3, 0.4) is 0 Å². The molecule has 1 saturated heterocycles. The first-order valence-electron chi connectivity index (χ1n) is 8.24. The Morgan fingerprint density at radius 1 is 1.24 bits per heavy atom. The van der Waals surface area contributed by atoms with Crippen molar-refractivity contribution in [3.05, 3.63) is 64.5 Å². The van der Waals surface area contributed by atoms with Gasteiger partial charge in [0, 0.05) is 31.9 Å². The molecule has 3 heterocycles. The van der Waals surface area contributed by atoms with Crippen molar-refractivity contribution in [1.29, 1.82) is 0 Å². The largest absolute Gasteiger partial charge is 0.421 e. The highest BCUT2D eigenvalue weighted by molar-refractivity contribution is 5.67. The van der Waals surface area contributed by atoms with Gasteiger partial charge in [-0.25, -0.2) is 14.2 Å². The van der Waals surface area contributed by atoms with E-state index in [1.165, 1.54) is 16.7 Å². The second-order valence-electron chi connectivity index (χ2n) is 6.30. The van der Waals surface area contributed by atoms with E-state index in [0.29, 0.717) is 37.3 Å². The molecular weight excluding hydrogens is 325 g/mol. The molecule has 1 aliphatic rings. The average Bonchev–Trinajstić information content (AvgIpc) is 3.13. The zero-order valence-corrected chi connectivity index (χ0v) is 13.5. The number of benzene rings is 1. The van der Waals surface area contributed by atoms with Gasteiger partial charge in [-0.05, 0) is 36.2 Å². The van der Waals surface area contributed by atoms with Crippen LogP contribution >= 0.6 is 0 Å². The predicted molar refractivity (Wildman–Crippen MR) is 89.6 cm³/mol. The van der Waals surface area contributed by atoms with Gasteiger partial charge in [-0.15, -0.1) is 0 Å². The van der Waals surface area contributed by atoms with Gasteiger partial charge in [0.1, 0.15) is 5.82 Å². The molecule has 1 fully saturated rings. The van der Waals surface area contributed by atoms with Crippen LogP contribution in [0.1, 0.15) is 18.0 Å². The molecule has 0 aliphatic carbocycles. The van der Waals surface area contributed by atoms with Crippen molar-refractivity contribution in [3.8, 4) is 0 Å². The number of aromatic nitrogens is 2. The van der Waals surface area contributed by atoms with Crippen molar-refractivity contribution in [2.24, 2.45) is 0 Å². The third-order valence-electron chi connectivity index (χ3n) is 4.67. The third-order valence-corrected chi connectivity index (χ3v) is 4.67. The Kier molecular flexibility index (Phi) is 4.10. The molecule has 130 valence electrons. The molecule has 2 aromatic heterocycles. The number of oxazole rings is 1. The molecule has 0 bridgehead atoms. The molecule has 7 heteroatoms. The highest BCUT2D eigenvalue weighted by Gasteiger charge is 2.32. The molecule has 6 nitrogen and oxygen atoms in total. The zero-order valence-electron chi connectivity index (χ0n) is 13.5. The predicted octanol–water partition coefficient (Wildman–Crippen LogP) is 1.94. The average molecular weight is 343 g/mol. The number of aliphatic hydroxyl groups is 1. The number of fused-ring (bicyclic) bond motifs is 1. The van der Waals surface area contributed by atoms with Crippen LogP contribution in [0.5, 0.6) is 0 Å². The summed E-state index contributed by atoms with van der Waals surface area (Å²) in [4.78, 5) is 18.4. The van der Waals surface area contributed by atoms with E-state index in [4.69, 9.17) is 4.42 Å². The summed E-state index contributed by atoms with van der Waals surface area (Å²) in [6.45, 7) is 1.48. The van der Waals surface area contributed by atoms with E-state index in [1.807, 2.05) is 0 Å². The van der Waals surface area contributed by atoms with Gasteiger partial charge in [-0.1, -0.05) is 12.1 Å². The van der Waals surface area contributed by atoms with Gasteiger partial charge in [-0.3, -0.25) is 9.47 Å². The first-order chi connectivity index (χ1) is 12.1. The summed E-state index contributed by atoms with van der Waals surface area (Å²) in [5.41, 5.74) is 1.94. The fourth-order valence-corrected chi connectivity index (χ4v) is 3.48. The molecule has 3 aromatic rings. The van der Waals surface area contributed by atoms with Crippen molar-refractivity contribution in [2.75, 3.05) is 13.1 Å². The van der Waals surface area contributed by atoms with Crippen molar-refractivity contribution < 1.29 is 13.9 Å². The molecule has 1 N–H and O–H groups in total. The van der Waals surface area contributed by atoms with Gasteiger partial charge in [-0.2, -0.15) is 0 Å². The number of nitrogens with zero attached hydrogens (tertiary/aromatic N) is 3. The minimum absolute atomic E-state index is 0.00238. The number of hydrogen-bond donors (Lipinski definition) is 1. The maximum absolute atomic E-state index is 13.2. The summed E-state index contributed by atoms with van der Waals surface area (Å²) in [6, 6.07) is 9.76. The Bertz CT molecular complexity index is 935. The van der Waals surface area contributed by atoms with E-state index >= 15 is 0 Å². The number of β-amino-alcohol motifs (C(OH)–C–C–N with tert-alkyl or cyclic N) is 1. The lowest BCUT2D eigenvalue weighted by atomic mass is 10.0. The Hall–Kier alpha value is -2.51. The van der Waals surface area contributed by atoms with E-state index in [9.17, 15) is 14.3 Å². The lowest BCUT2D eigenvalue weighted by molar-refractivity contribution is 0.173. The van der Waals surface area contributed by atoms with Crippen LogP contribution in [0.25, 0.3) is 11.2 Å². The summed E-state index contributed by atoms with van der Waals surface area (Å²) in [5.74, 6) is -0.719. The molecule has 0 spiro atoms. The normalized spacial score (nSPS) is 21.2. The molecular formula is C18H18FN3O3. The number of hydrogen-bond acceptors (Lipinski definition) is 5. The summed E-state index contributed by atoms with van der Waals surface area (Å²) < 4.78 is 19.9. The van der Waals surface area contributed by atoms with Crippen LogP contribution < -0.4 is 5.76 Å². The van der Waals surface area contributed by atoms with E-state index in [2.05, 4.69) is 9.88 Å². The lowest BCUT2D eigenvalue weighted by Gasteiger charge is -2.24. The number of rotatable bonds is 4. The van der Waals surface area contributed by atoms with Crippen LogP contribution in [0, 0.1) is 5.82 Å². The molecule has 4 rings (SSSR count). The molecule has 1 aliphatic heterocycles. The number of pyridine rings is 1. The van der Waals surface area contributed by atoms with Crippen molar-refractivity contribution in [3.63, 3.8) is 0 Å². The molecule has 2 atom stereocenters. The second-order valence-corrected chi connectivity index (χ2v) is 6.30. The van der Waals surface area contributed by atoms with E-state index < -0.39 is 11.9 Å². The van der Waals surface area contributed by atoms with Gasteiger partial charge in [0.2, 0.25) is 0 Å². The number of likely N-dealkylation sites (tertiary alicyclic amines) is 1. The zero-order chi connectivity index (χ0) is 17.4. The van der Waals surface area contributed by atoms with Crippen LogP contribution in [0.2, 0.25) is 0 Å². The summed E-state index contributed by atoms with van der Waals surface area (Å²) in [6.07, 6.45) is 1.77. The maximum atomic E-state index is 13.2. The molecule has 0 amide bonds. The Morgan fingerprint density at radius 2 is 2.04 bits per heavy atom. The second kappa shape index (κ2) is 6.42. The third kappa shape index (κ3) is 3.08. The first kappa shape index (κ1) is 16.0. The smallest absolute Gasteiger partial charge is 0.406 e. The van der Waals surface area contributed by atoms with Gasteiger partial charge >= 0.3 is 5.76 Å². The van der Waals surface area contributed by atoms with Crippen LogP contribution in [0.4, 0.5) is 4.39 Å². The molecule has 0 unspecified atom stereocenters. The Morgan fingerprint density at radius 3 is 2.84 bits per heavy atom. The van der Waals surface area contributed by atoms with Crippen molar-refractivity contribution in [1.82, 2.24) is 14.5 Å². The standard InChI is InChI=1S/C18H18FN3O3/c19-13-5-3-12(4-6-13)15-10-14(23)11-21(15)8-9-22-17-16(25-18(22)24)2-1-7-20-17/h1-7,14-15,23H,8-11H2/t14-,15-/m0/s1. The molecule has 0 radical (unpaired) electrons. The van der Waals surface area contributed by atoms with Gasteiger partial charge in [0.05, 0.1) is 6.10 Å². The summed E-state index contributed by atoms with van der Waals surface area (Å²) in [7, 11) is 0. The number of aliphatic hydroxyl groups excluding tert-OH is 1. The fourth-order valence-electron chi connectivity index (χ4n) is 3.48. The topological polar surface area (TPSA) is 71.5 Å². The summed E-state index contributed by atoms with van der Waals surface area (Å²) in [5, 5.41) is 10.1. The minimum atomic E-state index is -0.439. The quantitative estimate of drug-likeness (QED) is 0.784. The van der Waals surface area contributed by atoms with Crippen LogP contribution in [-0.2, 0) is 6.54 Å². The van der Waals surface area contributed by atoms with Gasteiger partial charge in [0.15, 0.2) is 11.2 Å². The van der Waals surface area contributed by atoms with Gasteiger partial charge < -0.3 is 9.52 Å². The van der Waals surface area contributed by atoms with Crippen molar-refractivity contribution >= 4 is 11.2 Å². The maximum Gasteiger partial charge on any atom is 0.421 e.